The second-order valence-corrected chi connectivity index (χ2v) is 16.1. The van der Waals surface area contributed by atoms with Gasteiger partial charge in [-0.3, -0.25) is 9.59 Å². The van der Waals surface area contributed by atoms with Crippen LogP contribution < -0.4 is 5.32 Å². The van der Waals surface area contributed by atoms with Crippen molar-refractivity contribution in [1.29, 1.82) is 0 Å². The minimum absolute atomic E-state index is 0.0267. The number of hydrogen-bond donors (Lipinski definition) is 3. The van der Waals surface area contributed by atoms with Crippen molar-refractivity contribution in [2.75, 3.05) is 13.2 Å². The number of rotatable bonds is 43. The topological polar surface area (TPSA) is 95.9 Å². The zero-order chi connectivity index (χ0) is 40.8. The number of aliphatic hydroxyl groups is 2. The van der Waals surface area contributed by atoms with Crippen LogP contribution in [0.3, 0.4) is 0 Å². The monoisotopic (exact) mass is 786 g/mol. The van der Waals surface area contributed by atoms with E-state index < -0.39 is 12.1 Å². The first kappa shape index (κ1) is 53.8. The Labute approximate surface area is 346 Å². The van der Waals surface area contributed by atoms with Crippen LogP contribution >= 0.6 is 0 Å². The van der Waals surface area contributed by atoms with E-state index in [2.05, 4.69) is 55.6 Å². The summed E-state index contributed by atoms with van der Waals surface area (Å²) in [5, 5.41) is 22.9. The Hall–Kier alpha value is -2.18. The van der Waals surface area contributed by atoms with Crippen molar-refractivity contribution >= 4 is 11.9 Å². The van der Waals surface area contributed by atoms with Gasteiger partial charge in [-0.2, -0.15) is 0 Å². The van der Waals surface area contributed by atoms with Gasteiger partial charge in [0.25, 0.3) is 0 Å². The van der Waals surface area contributed by atoms with Gasteiger partial charge in [-0.25, -0.2) is 0 Å². The third-order valence-corrected chi connectivity index (χ3v) is 10.6. The van der Waals surface area contributed by atoms with E-state index >= 15 is 0 Å². The summed E-state index contributed by atoms with van der Waals surface area (Å²) in [5.74, 6) is -0.109. The van der Waals surface area contributed by atoms with Crippen molar-refractivity contribution in [2.24, 2.45) is 0 Å². The van der Waals surface area contributed by atoms with Crippen molar-refractivity contribution in [1.82, 2.24) is 5.32 Å². The summed E-state index contributed by atoms with van der Waals surface area (Å²) >= 11 is 0. The molecule has 2 unspecified atom stereocenters. The summed E-state index contributed by atoms with van der Waals surface area (Å²) in [5.41, 5.74) is 0. The molecule has 0 saturated carbocycles. The van der Waals surface area contributed by atoms with Gasteiger partial charge < -0.3 is 20.3 Å². The molecule has 0 aliphatic rings. The predicted octanol–water partition coefficient (Wildman–Crippen LogP) is 13.9. The minimum atomic E-state index is -0.849. The van der Waals surface area contributed by atoms with E-state index in [1.54, 1.807) is 6.08 Å². The molecule has 0 saturated heterocycles. The highest BCUT2D eigenvalue weighted by atomic mass is 16.5. The lowest BCUT2D eigenvalue weighted by Crippen LogP contribution is -2.45. The quantitative estimate of drug-likeness (QED) is 0.0248. The number of carbonyl (C=O) groups is 2. The molecule has 0 spiro atoms. The number of nitrogens with one attached hydrogen (secondary N) is 1. The smallest absolute Gasteiger partial charge is 0.305 e. The number of aliphatic hydroxyl groups excluding tert-OH is 2. The zero-order valence-electron chi connectivity index (χ0n) is 36.8. The highest BCUT2D eigenvalue weighted by molar-refractivity contribution is 5.76. The third-order valence-electron chi connectivity index (χ3n) is 10.6. The summed E-state index contributed by atoms with van der Waals surface area (Å²) in [6, 6.07) is -0.634. The Morgan fingerprint density at radius 3 is 1.43 bits per heavy atom. The van der Waals surface area contributed by atoms with E-state index in [4.69, 9.17) is 4.74 Å². The molecule has 0 fully saturated rings. The Morgan fingerprint density at radius 1 is 0.500 bits per heavy atom. The molecule has 1 amide bonds. The molecule has 3 N–H and O–H groups in total. The van der Waals surface area contributed by atoms with Gasteiger partial charge in [0.1, 0.15) is 0 Å². The largest absolute Gasteiger partial charge is 0.466 e. The van der Waals surface area contributed by atoms with Gasteiger partial charge in [-0.05, 0) is 83.5 Å². The normalized spacial score (nSPS) is 13.1. The lowest BCUT2D eigenvalue weighted by molar-refractivity contribution is -0.143. The first-order chi connectivity index (χ1) is 27.5. The van der Waals surface area contributed by atoms with E-state index in [1.807, 2.05) is 6.08 Å². The molecule has 0 bridgehead atoms. The Morgan fingerprint density at radius 2 is 0.911 bits per heavy atom. The van der Waals surface area contributed by atoms with Gasteiger partial charge in [0.15, 0.2) is 0 Å². The Kier molecular flexibility index (Phi) is 43.7. The first-order valence-electron chi connectivity index (χ1n) is 23.9. The van der Waals surface area contributed by atoms with Crippen LogP contribution in [0.15, 0.2) is 48.6 Å². The van der Waals surface area contributed by atoms with E-state index in [-0.39, 0.29) is 18.5 Å². The molecule has 0 aromatic heterocycles. The summed E-state index contributed by atoms with van der Waals surface area (Å²) in [6.07, 6.45) is 55.4. The fourth-order valence-electron chi connectivity index (χ4n) is 6.84. The molecule has 0 rings (SSSR count). The van der Waals surface area contributed by atoms with Crippen molar-refractivity contribution in [3.63, 3.8) is 0 Å². The van der Waals surface area contributed by atoms with Crippen molar-refractivity contribution in [2.45, 2.75) is 244 Å². The molecule has 0 aliphatic carbocycles. The van der Waals surface area contributed by atoms with Gasteiger partial charge >= 0.3 is 5.97 Å². The van der Waals surface area contributed by atoms with Crippen molar-refractivity contribution < 1.29 is 24.5 Å². The van der Waals surface area contributed by atoms with Gasteiger partial charge in [-0.15, -0.1) is 0 Å². The molecule has 2 atom stereocenters. The van der Waals surface area contributed by atoms with E-state index in [1.165, 1.54) is 128 Å². The van der Waals surface area contributed by atoms with E-state index in [0.717, 1.165) is 77.0 Å². The third kappa shape index (κ3) is 41.5. The number of amides is 1. The second kappa shape index (κ2) is 45.5. The van der Waals surface area contributed by atoms with Crippen LogP contribution in [0.1, 0.15) is 232 Å². The van der Waals surface area contributed by atoms with Gasteiger partial charge in [0, 0.05) is 12.8 Å². The molecule has 0 radical (unpaired) electrons. The van der Waals surface area contributed by atoms with Crippen LogP contribution in [-0.2, 0) is 14.3 Å². The fraction of sp³-hybridized carbons (Fsp3) is 0.800. The van der Waals surface area contributed by atoms with Gasteiger partial charge in [0.05, 0.1) is 25.4 Å². The number of carbonyl (C=O) groups excluding carboxylic acids is 2. The molecule has 6 nitrogen and oxygen atoms in total. The highest BCUT2D eigenvalue weighted by Gasteiger charge is 2.18. The molecule has 0 heterocycles. The van der Waals surface area contributed by atoms with Crippen LogP contribution in [-0.4, -0.2) is 47.4 Å². The lowest BCUT2D eigenvalue weighted by atomic mass is 10.0. The number of allylic oxidation sites excluding steroid dienone is 7. The average molecular weight is 786 g/mol. The maximum atomic E-state index is 12.3. The molecule has 0 aliphatic heterocycles. The van der Waals surface area contributed by atoms with Crippen LogP contribution in [0.4, 0.5) is 0 Å². The minimum Gasteiger partial charge on any atom is -0.466 e. The van der Waals surface area contributed by atoms with Crippen LogP contribution in [0.5, 0.6) is 0 Å². The standard InChI is InChI=1S/C50H91NO5/c1-3-5-7-9-11-13-23-28-32-36-40-44-50(55)56-45-41-37-33-29-25-22-20-18-16-14-15-17-19-21-24-27-31-35-39-43-49(54)51-47(46-52)48(53)42-38-34-30-26-12-10-8-6-4-2/h9,11,18,20,22,25,38,42,47-48,52-53H,3-8,10,12-17,19,21,23-24,26-37,39-41,43-46H2,1-2H3,(H,51,54)/b11-9-,20-18-,25-22-,42-38+. The molecular formula is C50H91NO5. The number of unbranched alkanes of at least 4 members (excludes halogenated alkanes) is 27. The summed E-state index contributed by atoms with van der Waals surface area (Å²) < 4.78 is 5.41. The SMILES string of the molecule is CCCC/C=C\CCCCCCCC(=O)OCCCCC/C=C\C=C/CCCCCCCCCCCCC(=O)NC(CO)C(O)/C=C/CCCCCCCCC. The van der Waals surface area contributed by atoms with Gasteiger partial charge in [0.2, 0.25) is 5.91 Å². The Bertz CT molecular complexity index is 957. The maximum absolute atomic E-state index is 12.3. The number of hydrogen-bond acceptors (Lipinski definition) is 5. The van der Waals surface area contributed by atoms with E-state index in [0.29, 0.717) is 19.4 Å². The molecule has 56 heavy (non-hydrogen) atoms. The highest BCUT2D eigenvalue weighted by Crippen LogP contribution is 2.14. The second-order valence-electron chi connectivity index (χ2n) is 16.1. The first-order valence-corrected chi connectivity index (χ1v) is 23.9. The van der Waals surface area contributed by atoms with E-state index in [9.17, 15) is 19.8 Å². The summed E-state index contributed by atoms with van der Waals surface area (Å²) in [4.78, 5) is 24.3. The zero-order valence-corrected chi connectivity index (χ0v) is 36.8. The summed E-state index contributed by atoms with van der Waals surface area (Å²) in [7, 11) is 0. The summed E-state index contributed by atoms with van der Waals surface area (Å²) in [6.45, 7) is 4.77. The Balaban J connectivity index is 3.51. The van der Waals surface area contributed by atoms with Crippen LogP contribution in [0.25, 0.3) is 0 Å². The fourth-order valence-corrected chi connectivity index (χ4v) is 6.84. The van der Waals surface area contributed by atoms with Crippen molar-refractivity contribution in [3.8, 4) is 0 Å². The van der Waals surface area contributed by atoms with Crippen LogP contribution in [0, 0.1) is 0 Å². The maximum Gasteiger partial charge on any atom is 0.305 e. The molecule has 0 aromatic rings. The molecule has 326 valence electrons. The molecule has 6 heteroatoms. The van der Waals surface area contributed by atoms with Crippen LogP contribution in [0.2, 0.25) is 0 Å². The average Bonchev–Trinajstić information content (AvgIpc) is 3.20. The lowest BCUT2D eigenvalue weighted by Gasteiger charge is -2.20. The van der Waals surface area contributed by atoms with Crippen molar-refractivity contribution in [3.05, 3.63) is 48.6 Å². The number of esters is 1. The number of ether oxygens (including phenoxy) is 1. The van der Waals surface area contributed by atoms with Gasteiger partial charge in [-0.1, -0.05) is 184 Å². The predicted molar refractivity (Wildman–Crippen MR) is 241 cm³/mol. The molecule has 0 aromatic carbocycles. The molecular weight excluding hydrogens is 695 g/mol.